The molecule has 2 aliphatic rings. The minimum Gasteiger partial charge on any atom is -0.310 e. The Morgan fingerprint density at radius 3 is 2.78 bits per heavy atom. The summed E-state index contributed by atoms with van der Waals surface area (Å²) in [4.78, 5) is 0. The summed E-state index contributed by atoms with van der Waals surface area (Å²) in [6.45, 7) is 1.02. The Morgan fingerprint density at radius 2 is 2.00 bits per heavy atom. The molecule has 2 unspecified atom stereocenters. The van der Waals surface area contributed by atoms with Gasteiger partial charge in [0.05, 0.1) is 0 Å². The highest BCUT2D eigenvalue weighted by Gasteiger charge is 2.34. The largest absolute Gasteiger partial charge is 0.310 e. The monoisotopic (exact) mass is 307 g/mol. The van der Waals surface area contributed by atoms with Crippen molar-refractivity contribution in [1.82, 2.24) is 5.32 Å². The molecule has 0 spiro atoms. The molecule has 1 aromatic rings. The second-order valence-electron chi connectivity index (χ2n) is 5.97. The lowest BCUT2D eigenvalue weighted by Crippen LogP contribution is -2.34. The van der Waals surface area contributed by atoms with E-state index >= 15 is 0 Å². The molecule has 2 saturated carbocycles. The van der Waals surface area contributed by atoms with E-state index in [4.69, 9.17) is 0 Å². The molecule has 0 bridgehead atoms. The maximum absolute atomic E-state index is 3.76. The molecule has 0 aromatic heterocycles. The molecule has 0 heterocycles. The van der Waals surface area contributed by atoms with E-state index in [2.05, 4.69) is 45.5 Å². The van der Waals surface area contributed by atoms with Crippen LogP contribution >= 0.6 is 15.9 Å². The van der Waals surface area contributed by atoms with Crippen LogP contribution in [0.15, 0.2) is 28.7 Å². The lowest BCUT2D eigenvalue weighted by Gasteiger charge is -2.30. The van der Waals surface area contributed by atoms with E-state index in [9.17, 15) is 0 Å². The van der Waals surface area contributed by atoms with Crippen molar-refractivity contribution < 1.29 is 0 Å². The zero-order valence-electron chi connectivity index (χ0n) is 10.9. The van der Waals surface area contributed by atoms with Gasteiger partial charge in [0.2, 0.25) is 0 Å². The van der Waals surface area contributed by atoms with Gasteiger partial charge in [-0.1, -0.05) is 40.9 Å². The summed E-state index contributed by atoms with van der Waals surface area (Å²) in [5.74, 6) is 2.11. The summed E-state index contributed by atoms with van der Waals surface area (Å²) in [6.07, 6.45) is 8.71. The molecule has 0 amide bonds. The first-order valence-corrected chi connectivity index (χ1v) is 8.08. The average molecular weight is 308 g/mol. The lowest BCUT2D eigenvalue weighted by molar-refractivity contribution is 0.260. The Morgan fingerprint density at radius 1 is 1.11 bits per heavy atom. The van der Waals surface area contributed by atoms with E-state index in [-0.39, 0.29) is 0 Å². The molecule has 1 nitrogen and oxygen atoms in total. The molecule has 1 aromatic carbocycles. The number of hydrogen-bond donors (Lipinski definition) is 1. The molecule has 18 heavy (non-hydrogen) atoms. The maximum Gasteiger partial charge on any atom is 0.0208 e. The van der Waals surface area contributed by atoms with E-state index in [0.29, 0.717) is 0 Å². The first kappa shape index (κ1) is 12.7. The normalized spacial score (nSPS) is 28.3. The number of rotatable bonds is 4. The van der Waals surface area contributed by atoms with Gasteiger partial charge in [-0.15, -0.1) is 0 Å². The van der Waals surface area contributed by atoms with E-state index in [1.165, 1.54) is 48.6 Å². The van der Waals surface area contributed by atoms with Crippen molar-refractivity contribution in [2.45, 2.75) is 51.1 Å². The van der Waals surface area contributed by atoms with Crippen molar-refractivity contribution in [1.29, 1.82) is 0 Å². The predicted octanol–water partition coefficient (Wildman–Crippen LogP) is 4.51. The van der Waals surface area contributed by atoms with Gasteiger partial charge >= 0.3 is 0 Å². The number of nitrogens with one attached hydrogen (secondary N) is 1. The second kappa shape index (κ2) is 5.75. The van der Waals surface area contributed by atoms with Gasteiger partial charge in [-0.25, -0.2) is 0 Å². The number of benzene rings is 1. The van der Waals surface area contributed by atoms with Gasteiger partial charge in [0.1, 0.15) is 0 Å². The van der Waals surface area contributed by atoms with Crippen molar-refractivity contribution in [3.8, 4) is 0 Å². The van der Waals surface area contributed by atoms with Gasteiger partial charge in [0.25, 0.3) is 0 Å². The van der Waals surface area contributed by atoms with Gasteiger partial charge in [-0.05, 0) is 55.2 Å². The topological polar surface area (TPSA) is 12.0 Å². The molecule has 0 saturated heterocycles. The van der Waals surface area contributed by atoms with Crippen LogP contribution < -0.4 is 5.32 Å². The Kier molecular flexibility index (Phi) is 4.05. The molecule has 2 aliphatic carbocycles. The van der Waals surface area contributed by atoms with E-state index in [1.54, 1.807) is 0 Å². The third kappa shape index (κ3) is 3.36. The Balaban J connectivity index is 1.50. The molecule has 1 N–H and O–H groups in total. The summed E-state index contributed by atoms with van der Waals surface area (Å²) >= 11 is 3.54. The van der Waals surface area contributed by atoms with Gasteiger partial charge in [-0.2, -0.15) is 0 Å². The SMILES string of the molecule is Brc1cccc(CNC2CCCC(C3CC3)C2)c1. The molecule has 0 radical (unpaired) electrons. The number of hydrogen-bond acceptors (Lipinski definition) is 1. The highest BCUT2D eigenvalue weighted by atomic mass is 79.9. The van der Waals surface area contributed by atoms with Crippen LogP contribution in [0.5, 0.6) is 0 Å². The van der Waals surface area contributed by atoms with E-state index in [1.807, 2.05) is 0 Å². The lowest BCUT2D eigenvalue weighted by atomic mass is 9.82. The quantitative estimate of drug-likeness (QED) is 0.863. The van der Waals surface area contributed by atoms with Crippen molar-refractivity contribution in [2.75, 3.05) is 0 Å². The molecule has 2 atom stereocenters. The van der Waals surface area contributed by atoms with Gasteiger partial charge in [-0.3, -0.25) is 0 Å². The van der Waals surface area contributed by atoms with Crippen LogP contribution in [0, 0.1) is 11.8 Å². The Bertz CT molecular complexity index is 400. The summed E-state index contributed by atoms with van der Waals surface area (Å²) in [7, 11) is 0. The highest BCUT2D eigenvalue weighted by Crippen LogP contribution is 2.43. The zero-order valence-corrected chi connectivity index (χ0v) is 12.5. The van der Waals surface area contributed by atoms with Crippen LogP contribution in [0.1, 0.15) is 44.1 Å². The van der Waals surface area contributed by atoms with Crippen molar-refractivity contribution in [3.63, 3.8) is 0 Å². The highest BCUT2D eigenvalue weighted by molar-refractivity contribution is 9.10. The molecule has 2 fully saturated rings. The molecule has 2 heteroatoms. The maximum atomic E-state index is 3.76. The molecule has 0 aliphatic heterocycles. The first-order valence-electron chi connectivity index (χ1n) is 7.29. The fraction of sp³-hybridized carbons (Fsp3) is 0.625. The van der Waals surface area contributed by atoms with Crippen LogP contribution in [-0.4, -0.2) is 6.04 Å². The minimum atomic E-state index is 0.753. The van der Waals surface area contributed by atoms with Crippen LogP contribution in [0.2, 0.25) is 0 Å². The number of halogens is 1. The molecular weight excluding hydrogens is 286 g/mol. The van der Waals surface area contributed by atoms with Crippen molar-refractivity contribution in [2.24, 2.45) is 11.8 Å². The fourth-order valence-electron chi connectivity index (χ4n) is 3.32. The molecular formula is C16H22BrN. The van der Waals surface area contributed by atoms with Crippen molar-refractivity contribution >= 4 is 15.9 Å². The zero-order chi connectivity index (χ0) is 12.4. The van der Waals surface area contributed by atoms with Crippen LogP contribution in [0.3, 0.4) is 0 Å². The summed E-state index contributed by atoms with van der Waals surface area (Å²) in [5.41, 5.74) is 1.39. The van der Waals surface area contributed by atoms with Crippen LogP contribution in [0.4, 0.5) is 0 Å². The van der Waals surface area contributed by atoms with Crippen LogP contribution in [0.25, 0.3) is 0 Å². The first-order chi connectivity index (χ1) is 8.81. The van der Waals surface area contributed by atoms with E-state index < -0.39 is 0 Å². The standard InChI is InChI=1S/C16H22BrN/c17-15-5-1-3-12(9-15)11-18-16-6-2-4-14(10-16)13-7-8-13/h1,3,5,9,13-14,16,18H,2,4,6-8,10-11H2. The fourth-order valence-corrected chi connectivity index (χ4v) is 3.76. The van der Waals surface area contributed by atoms with E-state index in [0.717, 1.165) is 24.4 Å². The molecule has 98 valence electrons. The minimum absolute atomic E-state index is 0.753. The summed E-state index contributed by atoms with van der Waals surface area (Å²) in [6, 6.07) is 9.39. The van der Waals surface area contributed by atoms with Crippen molar-refractivity contribution in [3.05, 3.63) is 34.3 Å². The smallest absolute Gasteiger partial charge is 0.0208 e. The summed E-state index contributed by atoms with van der Waals surface area (Å²) < 4.78 is 1.18. The Labute approximate surface area is 118 Å². The summed E-state index contributed by atoms with van der Waals surface area (Å²) in [5, 5.41) is 3.76. The Hall–Kier alpha value is -0.340. The van der Waals surface area contributed by atoms with Gasteiger partial charge in [0.15, 0.2) is 0 Å². The average Bonchev–Trinajstić information content (AvgIpc) is 3.21. The van der Waals surface area contributed by atoms with Gasteiger partial charge in [0, 0.05) is 17.1 Å². The van der Waals surface area contributed by atoms with Crippen LogP contribution in [-0.2, 0) is 6.54 Å². The molecule has 3 rings (SSSR count). The van der Waals surface area contributed by atoms with Gasteiger partial charge < -0.3 is 5.32 Å². The third-order valence-corrected chi connectivity index (χ3v) is 4.98. The third-order valence-electron chi connectivity index (χ3n) is 4.49. The second-order valence-corrected chi connectivity index (χ2v) is 6.89. The predicted molar refractivity (Wildman–Crippen MR) is 79.5 cm³/mol.